The molecule has 0 spiro atoms. The third kappa shape index (κ3) is 1.99. The Morgan fingerprint density at radius 2 is 2.23 bits per heavy atom. The molecule has 3 heteroatoms. The molecule has 0 atom stereocenters. The molecule has 0 fully saturated rings. The molecule has 0 saturated heterocycles. The molecule has 0 aliphatic carbocycles. The Kier molecular flexibility index (Phi) is 2.90. The topological polar surface area (TPSA) is 49.3 Å². The highest BCUT2D eigenvalue weighted by atomic mass is 16.3. The normalized spacial score (nSPS) is 9.69. The fraction of sp³-hybridized carbons (Fsp3) is 0.300. The molecule has 0 aliphatic rings. The van der Waals surface area contributed by atoms with Gasteiger partial charge in [-0.1, -0.05) is 12.1 Å². The molecular formula is C10H13NO2. The van der Waals surface area contributed by atoms with Crippen LogP contribution in [0.1, 0.15) is 22.8 Å². The van der Waals surface area contributed by atoms with Crippen molar-refractivity contribution in [2.75, 3.05) is 6.54 Å². The van der Waals surface area contributed by atoms with Crippen LogP contribution in [0.5, 0.6) is 5.75 Å². The highest BCUT2D eigenvalue weighted by Gasteiger charge is 2.11. The van der Waals surface area contributed by atoms with Crippen LogP contribution in [0.3, 0.4) is 0 Å². The number of carbonyl (C=O) groups is 1. The van der Waals surface area contributed by atoms with Crippen LogP contribution < -0.4 is 5.32 Å². The Morgan fingerprint density at radius 3 is 2.77 bits per heavy atom. The van der Waals surface area contributed by atoms with Crippen molar-refractivity contribution in [2.45, 2.75) is 13.8 Å². The van der Waals surface area contributed by atoms with E-state index in [-0.39, 0.29) is 11.7 Å². The van der Waals surface area contributed by atoms with Gasteiger partial charge in [-0.15, -0.1) is 0 Å². The van der Waals surface area contributed by atoms with Gasteiger partial charge < -0.3 is 10.4 Å². The van der Waals surface area contributed by atoms with E-state index in [1.165, 1.54) is 6.07 Å². The summed E-state index contributed by atoms with van der Waals surface area (Å²) >= 11 is 0. The molecule has 1 rings (SSSR count). The number of aromatic hydroxyl groups is 1. The predicted molar refractivity (Wildman–Crippen MR) is 50.9 cm³/mol. The summed E-state index contributed by atoms with van der Waals surface area (Å²) in [6.07, 6.45) is 0. The molecule has 1 aromatic carbocycles. The molecule has 0 bridgehead atoms. The van der Waals surface area contributed by atoms with Crippen LogP contribution in [0.4, 0.5) is 0 Å². The lowest BCUT2D eigenvalue weighted by atomic mass is 10.1. The number of phenols is 1. The molecule has 70 valence electrons. The van der Waals surface area contributed by atoms with Crippen LogP contribution in [0.25, 0.3) is 0 Å². The predicted octanol–water partition coefficient (Wildman–Crippen LogP) is 1.45. The van der Waals surface area contributed by atoms with Crippen molar-refractivity contribution in [3.63, 3.8) is 0 Å². The molecule has 2 N–H and O–H groups in total. The first kappa shape index (κ1) is 9.58. The molecule has 0 aliphatic heterocycles. The number of nitrogens with one attached hydrogen (secondary N) is 1. The highest BCUT2D eigenvalue weighted by Crippen LogP contribution is 2.19. The maximum absolute atomic E-state index is 11.4. The van der Waals surface area contributed by atoms with Crippen LogP contribution in [0.2, 0.25) is 0 Å². The van der Waals surface area contributed by atoms with Gasteiger partial charge in [0.25, 0.3) is 5.91 Å². The summed E-state index contributed by atoms with van der Waals surface area (Å²) in [5.74, 6) is -0.191. The van der Waals surface area contributed by atoms with Crippen molar-refractivity contribution in [3.8, 4) is 5.75 Å². The highest BCUT2D eigenvalue weighted by molar-refractivity contribution is 5.98. The van der Waals surface area contributed by atoms with Gasteiger partial charge >= 0.3 is 0 Å². The molecule has 1 aromatic rings. The van der Waals surface area contributed by atoms with E-state index >= 15 is 0 Å². The van der Waals surface area contributed by atoms with Gasteiger partial charge in [-0.05, 0) is 25.5 Å². The molecule has 1 amide bonds. The maximum Gasteiger partial charge on any atom is 0.255 e. The Balaban J connectivity index is 3.05. The fourth-order valence-corrected chi connectivity index (χ4v) is 1.20. The Labute approximate surface area is 77.4 Å². The molecule has 13 heavy (non-hydrogen) atoms. The second-order valence-electron chi connectivity index (χ2n) is 2.83. The van der Waals surface area contributed by atoms with Crippen molar-refractivity contribution in [1.82, 2.24) is 5.32 Å². The van der Waals surface area contributed by atoms with E-state index < -0.39 is 0 Å². The minimum absolute atomic E-state index is 0.0333. The lowest BCUT2D eigenvalue weighted by Crippen LogP contribution is -2.23. The first-order chi connectivity index (χ1) is 6.16. The van der Waals surface area contributed by atoms with Gasteiger partial charge in [0.1, 0.15) is 5.75 Å². The lowest BCUT2D eigenvalue weighted by Gasteiger charge is -2.07. The van der Waals surface area contributed by atoms with Crippen LogP contribution in [0, 0.1) is 6.92 Å². The summed E-state index contributed by atoms with van der Waals surface area (Å²) in [5.41, 5.74) is 1.15. The van der Waals surface area contributed by atoms with E-state index in [1.807, 2.05) is 6.92 Å². The number of carbonyl (C=O) groups excluding carboxylic acids is 1. The number of aryl methyl sites for hydroxylation is 1. The lowest BCUT2D eigenvalue weighted by molar-refractivity contribution is 0.0952. The van der Waals surface area contributed by atoms with Gasteiger partial charge in [-0.3, -0.25) is 4.79 Å². The molecule has 0 aromatic heterocycles. The number of hydrogen-bond acceptors (Lipinski definition) is 2. The number of amides is 1. The van der Waals surface area contributed by atoms with E-state index in [0.717, 1.165) is 5.56 Å². The van der Waals surface area contributed by atoms with Crippen molar-refractivity contribution < 1.29 is 9.90 Å². The minimum atomic E-state index is -0.224. The molecular weight excluding hydrogens is 166 g/mol. The van der Waals surface area contributed by atoms with E-state index in [9.17, 15) is 9.90 Å². The monoisotopic (exact) mass is 179 g/mol. The number of hydrogen-bond donors (Lipinski definition) is 2. The summed E-state index contributed by atoms with van der Waals surface area (Å²) in [5, 5.41) is 12.1. The summed E-state index contributed by atoms with van der Waals surface area (Å²) in [6, 6.07) is 5.02. The summed E-state index contributed by atoms with van der Waals surface area (Å²) in [4.78, 5) is 11.4. The van der Waals surface area contributed by atoms with Crippen LogP contribution in [-0.4, -0.2) is 17.6 Å². The van der Waals surface area contributed by atoms with Crippen molar-refractivity contribution in [2.24, 2.45) is 0 Å². The van der Waals surface area contributed by atoms with Gasteiger partial charge in [0.2, 0.25) is 0 Å². The first-order valence-electron chi connectivity index (χ1n) is 4.23. The zero-order chi connectivity index (χ0) is 9.84. The molecule has 0 heterocycles. The average Bonchev–Trinajstić information content (AvgIpc) is 2.04. The second kappa shape index (κ2) is 3.94. The smallest absolute Gasteiger partial charge is 0.255 e. The number of phenolic OH excluding ortho intramolecular Hbond substituents is 1. The Bertz CT molecular complexity index is 300. The molecule has 3 nitrogen and oxygen atoms in total. The molecule has 0 unspecified atom stereocenters. The summed E-state index contributed by atoms with van der Waals surface area (Å²) in [6.45, 7) is 4.20. The SMILES string of the molecule is CCNC(=O)c1c(C)cccc1O. The Hall–Kier alpha value is -1.51. The van der Waals surface area contributed by atoms with Crippen LogP contribution >= 0.6 is 0 Å². The summed E-state index contributed by atoms with van der Waals surface area (Å²) < 4.78 is 0. The van der Waals surface area contributed by atoms with Crippen molar-refractivity contribution >= 4 is 5.91 Å². The first-order valence-corrected chi connectivity index (χ1v) is 4.23. The van der Waals surface area contributed by atoms with Gasteiger partial charge in [0.15, 0.2) is 0 Å². The van der Waals surface area contributed by atoms with E-state index in [1.54, 1.807) is 19.1 Å². The largest absolute Gasteiger partial charge is 0.507 e. The maximum atomic E-state index is 11.4. The number of rotatable bonds is 2. The summed E-state index contributed by atoms with van der Waals surface area (Å²) in [7, 11) is 0. The van der Waals surface area contributed by atoms with Crippen molar-refractivity contribution in [3.05, 3.63) is 29.3 Å². The van der Waals surface area contributed by atoms with Gasteiger partial charge in [-0.2, -0.15) is 0 Å². The second-order valence-corrected chi connectivity index (χ2v) is 2.83. The van der Waals surface area contributed by atoms with Gasteiger partial charge in [0, 0.05) is 6.54 Å². The standard InChI is InChI=1S/C10H13NO2/c1-3-11-10(13)9-7(2)5-4-6-8(9)12/h4-6,12H,3H2,1-2H3,(H,11,13). The van der Waals surface area contributed by atoms with E-state index in [2.05, 4.69) is 5.32 Å². The molecule has 0 radical (unpaired) electrons. The van der Waals surface area contributed by atoms with Gasteiger partial charge in [-0.25, -0.2) is 0 Å². The minimum Gasteiger partial charge on any atom is -0.507 e. The molecule has 0 saturated carbocycles. The zero-order valence-electron chi connectivity index (χ0n) is 7.79. The van der Waals surface area contributed by atoms with E-state index in [0.29, 0.717) is 12.1 Å². The van der Waals surface area contributed by atoms with Crippen LogP contribution in [-0.2, 0) is 0 Å². The van der Waals surface area contributed by atoms with Crippen molar-refractivity contribution in [1.29, 1.82) is 0 Å². The van der Waals surface area contributed by atoms with Gasteiger partial charge in [0.05, 0.1) is 5.56 Å². The van der Waals surface area contributed by atoms with E-state index in [4.69, 9.17) is 0 Å². The number of benzene rings is 1. The third-order valence-electron chi connectivity index (χ3n) is 1.82. The van der Waals surface area contributed by atoms with Crippen LogP contribution in [0.15, 0.2) is 18.2 Å². The zero-order valence-corrected chi connectivity index (χ0v) is 7.79. The third-order valence-corrected chi connectivity index (χ3v) is 1.82. The average molecular weight is 179 g/mol. The fourth-order valence-electron chi connectivity index (χ4n) is 1.20. The quantitative estimate of drug-likeness (QED) is 0.722. The Morgan fingerprint density at radius 1 is 1.54 bits per heavy atom.